The fourth-order valence-corrected chi connectivity index (χ4v) is 2.01. The zero-order chi connectivity index (χ0) is 18.2. The molecule has 7 nitrogen and oxygen atoms in total. The number of hydrogen-bond donors (Lipinski definition) is 2. The number of nitrogens with zero attached hydrogens (tertiary/aromatic N) is 4. The van der Waals surface area contributed by atoms with Gasteiger partial charge in [0, 0.05) is 6.20 Å². The summed E-state index contributed by atoms with van der Waals surface area (Å²) in [4.78, 5) is 15.7. The Kier molecular flexibility index (Phi) is 5.41. The van der Waals surface area contributed by atoms with Crippen LogP contribution < -0.4 is 11.2 Å². The number of nitrogens with two attached hydrogens (primary N) is 1. The van der Waals surface area contributed by atoms with Crippen molar-refractivity contribution in [3.63, 3.8) is 0 Å². The van der Waals surface area contributed by atoms with Gasteiger partial charge in [-0.05, 0) is 42.0 Å². The van der Waals surface area contributed by atoms with Crippen LogP contribution in [-0.2, 0) is 0 Å². The van der Waals surface area contributed by atoms with Crippen LogP contribution >= 0.6 is 0 Å². The quantitative estimate of drug-likeness (QED) is 0.417. The third kappa shape index (κ3) is 4.81. The van der Waals surface area contributed by atoms with Gasteiger partial charge in [0.15, 0.2) is 0 Å². The highest BCUT2D eigenvalue weighted by atomic mass is 16.2. The highest BCUT2D eigenvalue weighted by Crippen LogP contribution is 2.17. The van der Waals surface area contributed by atoms with Gasteiger partial charge in [-0.15, -0.1) is 0 Å². The van der Waals surface area contributed by atoms with E-state index >= 15 is 0 Å². The number of carbonyl (C=O) groups is 1. The van der Waals surface area contributed by atoms with Crippen molar-refractivity contribution in [3.05, 3.63) is 84.1 Å². The number of azo groups is 1. The highest BCUT2D eigenvalue weighted by Gasteiger charge is 2.03. The van der Waals surface area contributed by atoms with E-state index in [1.54, 1.807) is 18.3 Å². The van der Waals surface area contributed by atoms with Crippen LogP contribution in [-0.4, -0.2) is 17.1 Å². The summed E-state index contributed by atoms with van der Waals surface area (Å²) in [5, 5.41) is 12.2. The summed E-state index contributed by atoms with van der Waals surface area (Å²) in [6.45, 7) is 0. The Bertz CT molecular complexity index is 919. The molecule has 0 aliphatic rings. The molecule has 128 valence electrons. The van der Waals surface area contributed by atoms with Gasteiger partial charge in [0.1, 0.15) is 5.82 Å². The van der Waals surface area contributed by atoms with Gasteiger partial charge < -0.3 is 5.73 Å². The number of anilines is 1. The number of hydrazone groups is 1. The van der Waals surface area contributed by atoms with E-state index < -0.39 is 0 Å². The van der Waals surface area contributed by atoms with Crippen LogP contribution in [0.25, 0.3) is 0 Å². The number of carbonyl (C=O) groups excluding carboxylic acids is 1. The summed E-state index contributed by atoms with van der Waals surface area (Å²) < 4.78 is 0. The van der Waals surface area contributed by atoms with E-state index in [1.807, 2.05) is 54.6 Å². The Hall–Kier alpha value is -3.87. The number of amides is 1. The monoisotopic (exact) mass is 344 g/mol. The maximum Gasteiger partial charge on any atom is 0.272 e. The number of aromatic nitrogens is 1. The minimum absolute atomic E-state index is 0.356. The van der Waals surface area contributed by atoms with Crippen molar-refractivity contribution in [2.45, 2.75) is 0 Å². The van der Waals surface area contributed by atoms with E-state index in [0.717, 1.165) is 16.9 Å². The second-order valence-corrected chi connectivity index (χ2v) is 5.30. The molecule has 26 heavy (non-hydrogen) atoms. The molecular formula is C19H16N6O. The van der Waals surface area contributed by atoms with Crippen molar-refractivity contribution in [1.82, 2.24) is 10.4 Å². The largest absolute Gasteiger partial charge is 0.384 e. The average molecular weight is 344 g/mol. The molecule has 0 aliphatic heterocycles. The highest BCUT2D eigenvalue weighted by molar-refractivity contribution is 5.94. The van der Waals surface area contributed by atoms with Crippen molar-refractivity contribution in [2.75, 3.05) is 5.73 Å². The first-order valence-corrected chi connectivity index (χ1v) is 7.82. The number of nitrogen functional groups attached to an aromatic ring is 1. The Labute approximate surface area is 150 Å². The Balaban J connectivity index is 1.57. The SMILES string of the molecule is Nc1ccc(C(=O)NN=Cc2ccc(N=Nc3ccccc3)cc2)cn1. The molecule has 0 unspecified atom stereocenters. The minimum atomic E-state index is -0.359. The van der Waals surface area contributed by atoms with Crippen LogP contribution in [0, 0.1) is 0 Å². The summed E-state index contributed by atoms with van der Waals surface area (Å²) in [6.07, 6.45) is 2.94. The third-order valence-corrected chi connectivity index (χ3v) is 3.36. The first kappa shape index (κ1) is 17.0. The maximum absolute atomic E-state index is 11.9. The fraction of sp³-hybridized carbons (Fsp3) is 0. The fourth-order valence-electron chi connectivity index (χ4n) is 2.01. The molecule has 0 aliphatic carbocycles. The first-order chi connectivity index (χ1) is 12.7. The van der Waals surface area contributed by atoms with Crippen LogP contribution in [0.15, 0.2) is 88.3 Å². The zero-order valence-electron chi connectivity index (χ0n) is 13.8. The van der Waals surface area contributed by atoms with Crippen LogP contribution in [0.2, 0.25) is 0 Å². The molecule has 3 N–H and O–H groups in total. The van der Waals surface area contributed by atoms with E-state index in [2.05, 4.69) is 25.7 Å². The lowest BCUT2D eigenvalue weighted by Crippen LogP contribution is -2.17. The molecule has 0 atom stereocenters. The van der Waals surface area contributed by atoms with Gasteiger partial charge >= 0.3 is 0 Å². The van der Waals surface area contributed by atoms with Crippen molar-refractivity contribution < 1.29 is 4.79 Å². The number of pyridine rings is 1. The van der Waals surface area contributed by atoms with Crippen molar-refractivity contribution >= 4 is 29.3 Å². The topological polar surface area (TPSA) is 105 Å². The Morgan fingerprint density at radius 3 is 2.27 bits per heavy atom. The molecule has 1 amide bonds. The molecule has 0 saturated carbocycles. The Morgan fingerprint density at radius 1 is 0.923 bits per heavy atom. The van der Waals surface area contributed by atoms with Gasteiger partial charge in [0.25, 0.3) is 5.91 Å². The van der Waals surface area contributed by atoms with Gasteiger partial charge in [0.05, 0.1) is 23.2 Å². The van der Waals surface area contributed by atoms with Gasteiger partial charge in [0.2, 0.25) is 0 Å². The molecule has 0 spiro atoms. The van der Waals surface area contributed by atoms with Gasteiger partial charge in [-0.2, -0.15) is 15.3 Å². The van der Waals surface area contributed by atoms with Gasteiger partial charge in [-0.3, -0.25) is 4.79 Å². The lowest BCUT2D eigenvalue weighted by molar-refractivity contribution is 0.0955. The predicted octanol–water partition coefficient (Wildman–Crippen LogP) is 3.84. The van der Waals surface area contributed by atoms with Gasteiger partial charge in [-0.1, -0.05) is 30.3 Å². The van der Waals surface area contributed by atoms with Gasteiger partial charge in [-0.25, -0.2) is 10.4 Å². The summed E-state index contributed by atoms with van der Waals surface area (Å²) in [5.74, 6) is -0.00316. The summed E-state index contributed by atoms with van der Waals surface area (Å²) in [7, 11) is 0. The van der Waals surface area contributed by atoms with Crippen molar-refractivity contribution in [2.24, 2.45) is 15.3 Å². The second kappa shape index (κ2) is 8.29. The van der Waals surface area contributed by atoms with Crippen molar-refractivity contribution in [3.8, 4) is 0 Å². The van der Waals surface area contributed by atoms with Crippen LogP contribution in [0.4, 0.5) is 17.2 Å². The molecule has 0 bridgehead atoms. The van der Waals surface area contributed by atoms with E-state index in [4.69, 9.17) is 5.73 Å². The predicted molar refractivity (Wildman–Crippen MR) is 101 cm³/mol. The molecule has 7 heteroatoms. The van der Waals surface area contributed by atoms with E-state index in [9.17, 15) is 4.79 Å². The van der Waals surface area contributed by atoms with E-state index in [1.165, 1.54) is 6.20 Å². The Morgan fingerprint density at radius 2 is 1.62 bits per heavy atom. The van der Waals surface area contributed by atoms with Crippen LogP contribution in [0.1, 0.15) is 15.9 Å². The molecule has 2 aromatic carbocycles. The molecular weight excluding hydrogens is 328 g/mol. The third-order valence-electron chi connectivity index (χ3n) is 3.36. The maximum atomic E-state index is 11.9. The average Bonchev–Trinajstić information content (AvgIpc) is 2.68. The normalized spacial score (nSPS) is 11.1. The number of rotatable bonds is 5. The number of nitrogens with one attached hydrogen (secondary N) is 1. The summed E-state index contributed by atoms with van der Waals surface area (Å²) in [5.41, 5.74) is 10.6. The van der Waals surface area contributed by atoms with E-state index in [-0.39, 0.29) is 5.91 Å². The number of benzene rings is 2. The zero-order valence-corrected chi connectivity index (χ0v) is 13.8. The summed E-state index contributed by atoms with van der Waals surface area (Å²) >= 11 is 0. The molecule has 1 heterocycles. The smallest absolute Gasteiger partial charge is 0.272 e. The molecule has 0 saturated heterocycles. The standard InChI is InChI=1S/C19H16N6O/c20-18-11-8-15(13-21-18)19(26)25-22-12-14-6-9-17(10-7-14)24-23-16-4-2-1-3-5-16/h1-13H,(H2,20,21)(H,25,26). The molecule has 3 aromatic rings. The second-order valence-electron chi connectivity index (χ2n) is 5.30. The van der Waals surface area contributed by atoms with Crippen LogP contribution in [0.5, 0.6) is 0 Å². The van der Waals surface area contributed by atoms with Crippen molar-refractivity contribution in [1.29, 1.82) is 0 Å². The summed E-state index contributed by atoms with van der Waals surface area (Å²) in [6, 6.07) is 19.9. The first-order valence-electron chi connectivity index (χ1n) is 7.82. The molecule has 0 radical (unpaired) electrons. The minimum Gasteiger partial charge on any atom is -0.384 e. The molecule has 0 fully saturated rings. The lowest BCUT2D eigenvalue weighted by Gasteiger charge is -2.00. The lowest BCUT2D eigenvalue weighted by atomic mass is 10.2. The molecule has 3 rings (SSSR count). The van der Waals surface area contributed by atoms with E-state index in [0.29, 0.717) is 11.4 Å². The number of hydrogen-bond acceptors (Lipinski definition) is 6. The van der Waals surface area contributed by atoms with Crippen LogP contribution in [0.3, 0.4) is 0 Å². The molecule has 1 aromatic heterocycles.